The van der Waals surface area contributed by atoms with Crippen LogP contribution in [0.3, 0.4) is 0 Å². The van der Waals surface area contributed by atoms with Gasteiger partial charge in [-0.15, -0.1) is 0 Å². The van der Waals surface area contributed by atoms with Gasteiger partial charge in [-0.2, -0.15) is 0 Å². The Balaban J connectivity index is 1.84. The van der Waals surface area contributed by atoms with Crippen molar-refractivity contribution < 1.29 is 9.53 Å². The van der Waals surface area contributed by atoms with Crippen LogP contribution in [0.5, 0.6) is 5.75 Å². The van der Waals surface area contributed by atoms with Crippen LogP contribution < -0.4 is 15.4 Å². The van der Waals surface area contributed by atoms with Crippen LogP contribution in [0.25, 0.3) is 0 Å². The second-order valence-electron chi connectivity index (χ2n) is 4.80. The van der Waals surface area contributed by atoms with Gasteiger partial charge in [-0.05, 0) is 6.07 Å². The van der Waals surface area contributed by atoms with Crippen LogP contribution in [0, 0.1) is 0 Å². The molecule has 0 aliphatic carbocycles. The molecule has 1 unspecified atom stereocenters. The van der Waals surface area contributed by atoms with E-state index in [-0.39, 0.29) is 11.8 Å². The van der Waals surface area contributed by atoms with Crippen molar-refractivity contribution >= 4 is 5.91 Å². The highest BCUT2D eigenvalue weighted by Gasteiger charge is 2.29. The Kier molecular flexibility index (Phi) is 4.20. The normalized spacial score (nSPS) is 17.4. The smallest absolute Gasteiger partial charge is 0.231 e. The molecule has 1 aliphatic rings. The standard InChI is InChI=1S/C14H20N2O2/c1-10(2)15-7-8-16-14(17)12-9-18-13-6-4-3-5-11(12)13/h3-6,10,12,15H,7-9H2,1-2H3,(H,16,17). The Bertz CT molecular complexity index is 418. The summed E-state index contributed by atoms with van der Waals surface area (Å²) in [7, 11) is 0. The summed E-state index contributed by atoms with van der Waals surface area (Å²) in [5.74, 6) is 0.712. The summed E-state index contributed by atoms with van der Waals surface area (Å²) in [4.78, 5) is 12.0. The van der Waals surface area contributed by atoms with Gasteiger partial charge in [0, 0.05) is 24.7 Å². The third-order valence-electron chi connectivity index (χ3n) is 2.99. The van der Waals surface area contributed by atoms with Crippen LogP contribution in [0.1, 0.15) is 25.3 Å². The van der Waals surface area contributed by atoms with Crippen LogP contribution in [-0.2, 0) is 4.79 Å². The molecular weight excluding hydrogens is 228 g/mol. The number of nitrogens with one attached hydrogen (secondary N) is 2. The summed E-state index contributed by atoms with van der Waals surface area (Å²) in [5.41, 5.74) is 0.992. The number of hydrogen-bond acceptors (Lipinski definition) is 3. The summed E-state index contributed by atoms with van der Waals surface area (Å²) < 4.78 is 5.50. The number of benzene rings is 1. The Morgan fingerprint density at radius 2 is 2.17 bits per heavy atom. The Labute approximate surface area is 108 Å². The molecule has 1 amide bonds. The van der Waals surface area contributed by atoms with Gasteiger partial charge in [-0.1, -0.05) is 32.0 Å². The lowest BCUT2D eigenvalue weighted by molar-refractivity contribution is -0.122. The Hall–Kier alpha value is -1.55. The largest absolute Gasteiger partial charge is 0.492 e. The molecule has 4 heteroatoms. The predicted molar refractivity (Wildman–Crippen MR) is 70.8 cm³/mol. The molecule has 1 heterocycles. The number of carbonyl (C=O) groups is 1. The summed E-state index contributed by atoms with van der Waals surface area (Å²) in [6.07, 6.45) is 0. The van der Waals surface area contributed by atoms with E-state index in [0.29, 0.717) is 19.2 Å². The first-order valence-corrected chi connectivity index (χ1v) is 6.41. The molecule has 0 saturated carbocycles. The van der Waals surface area contributed by atoms with Gasteiger partial charge in [0.1, 0.15) is 18.3 Å². The maximum atomic E-state index is 12.0. The second kappa shape index (κ2) is 5.87. The number of hydrogen-bond donors (Lipinski definition) is 2. The van der Waals surface area contributed by atoms with Crippen LogP contribution >= 0.6 is 0 Å². The summed E-state index contributed by atoms with van der Waals surface area (Å²) in [6, 6.07) is 8.17. The zero-order valence-electron chi connectivity index (χ0n) is 10.9. The number of fused-ring (bicyclic) bond motifs is 1. The van der Waals surface area contributed by atoms with E-state index in [0.717, 1.165) is 17.9 Å². The molecule has 0 radical (unpaired) electrons. The van der Waals surface area contributed by atoms with Gasteiger partial charge in [0.25, 0.3) is 0 Å². The van der Waals surface area contributed by atoms with Gasteiger partial charge in [0.15, 0.2) is 0 Å². The molecule has 0 spiro atoms. The maximum absolute atomic E-state index is 12.0. The molecule has 98 valence electrons. The molecule has 0 fully saturated rings. The fourth-order valence-electron chi connectivity index (χ4n) is 2.05. The molecule has 0 saturated heterocycles. The molecule has 2 N–H and O–H groups in total. The third-order valence-corrected chi connectivity index (χ3v) is 2.99. The van der Waals surface area contributed by atoms with Crippen LogP contribution in [0.15, 0.2) is 24.3 Å². The lowest BCUT2D eigenvalue weighted by atomic mass is 10.0. The molecule has 0 bridgehead atoms. The van der Waals surface area contributed by atoms with Crippen LogP contribution in [-0.4, -0.2) is 31.6 Å². The van der Waals surface area contributed by atoms with Gasteiger partial charge >= 0.3 is 0 Å². The molecule has 0 aromatic heterocycles. The highest BCUT2D eigenvalue weighted by molar-refractivity contribution is 5.85. The minimum Gasteiger partial charge on any atom is -0.492 e. The van der Waals surface area contributed by atoms with Crippen LogP contribution in [0.2, 0.25) is 0 Å². The number of ether oxygens (including phenoxy) is 1. The minimum atomic E-state index is -0.166. The second-order valence-corrected chi connectivity index (χ2v) is 4.80. The van der Waals surface area contributed by atoms with Gasteiger partial charge in [0.2, 0.25) is 5.91 Å². The van der Waals surface area contributed by atoms with E-state index in [2.05, 4.69) is 24.5 Å². The first-order valence-electron chi connectivity index (χ1n) is 6.41. The average Bonchev–Trinajstić information content (AvgIpc) is 2.78. The van der Waals surface area contributed by atoms with Crippen LogP contribution in [0.4, 0.5) is 0 Å². The lowest BCUT2D eigenvalue weighted by Gasteiger charge is -2.12. The Morgan fingerprint density at radius 3 is 2.94 bits per heavy atom. The molecule has 1 aromatic carbocycles. The molecule has 4 nitrogen and oxygen atoms in total. The maximum Gasteiger partial charge on any atom is 0.231 e. The van der Waals surface area contributed by atoms with Crippen molar-refractivity contribution in [3.63, 3.8) is 0 Å². The van der Waals surface area contributed by atoms with E-state index in [9.17, 15) is 4.79 Å². The summed E-state index contributed by atoms with van der Waals surface area (Å²) >= 11 is 0. The van der Waals surface area contributed by atoms with Crippen molar-refractivity contribution in [2.45, 2.75) is 25.8 Å². The van der Waals surface area contributed by atoms with Gasteiger partial charge < -0.3 is 15.4 Å². The van der Waals surface area contributed by atoms with E-state index < -0.39 is 0 Å². The number of amides is 1. The fraction of sp³-hybridized carbons (Fsp3) is 0.500. The summed E-state index contributed by atoms with van der Waals surface area (Å²) in [5, 5.41) is 6.20. The van der Waals surface area contributed by atoms with Gasteiger partial charge in [-0.3, -0.25) is 4.79 Å². The molecule has 1 aromatic rings. The molecule has 18 heavy (non-hydrogen) atoms. The highest BCUT2D eigenvalue weighted by Crippen LogP contribution is 2.33. The van der Waals surface area contributed by atoms with Crippen molar-refractivity contribution in [1.29, 1.82) is 0 Å². The molecule has 1 aliphatic heterocycles. The van der Waals surface area contributed by atoms with Gasteiger partial charge in [-0.25, -0.2) is 0 Å². The number of carbonyl (C=O) groups excluding carboxylic acids is 1. The number of rotatable bonds is 5. The van der Waals surface area contributed by atoms with Crippen molar-refractivity contribution in [2.24, 2.45) is 0 Å². The minimum absolute atomic E-state index is 0.0468. The fourth-order valence-corrected chi connectivity index (χ4v) is 2.05. The summed E-state index contributed by atoms with van der Waals surface area (Å²) in [6.45, 7) is 6.06. The number of para-hydroxylation sites is 1. The van der Waals surface area contributed by atoms with E-state index >= 15 is 0 Å². The zero-order valence-corrected chi connectivity index (χ0v) is 10.9. The lowest BCUT2D eigenvalue weighted by Crippen LogP contribution is -2.37. The molecule has 2 rings (SSSR count). The van der Waals surface area contributed by atoms with Gasteiger partial charge in [0.05, 0.1) is 0 Å². The van der Waals surface area contributed by atoms with Crippen molar-refractivity contribution in [2.75, 3.05) is 19.7 Å². The first kappa shape index (κ1) is 12.9. The predicted octanol–water partition coefficient (Wildman–Crippen LogP) is 1.28. The van der Waals surface area contributed by atoms with E-state index in [1.165, 1.54) is 0 Å². The van der Waals surface area contributed by atoms with E-state index in [1.807, 2.05) is 24.3 Å². The zero-order chi connectivity index (χ0) is 13.0. The first-order chi connectivity index (χ1) is 8.68. The van der Waals surface area contributed by atoms with Crippen molar-refractivity contribution in [3.8, 4) is 5.75 Å². The molecular formula is C14H20N2O2. The Morgan fingerprint density at radius 1 is 1.39 bits per heavy atom. The topological polar surface area (TPSA) is 50.4 Å². The quantitative estimate of drug-likeness (QED) is 0.772. The van der Waals surface area contributed by atoms with E-state index in [4.69, 9.17) is 4.74 Å². The average molecular weight is 248 g/mol. The van der Waals surface area contributed by atoms with E-state index in [1.54, 1.807) is 0 Å². The van der Waals surface area contributed by atoms with Crippen molar-refractivity contribution in [3.05, 3.63) is 29.8 Å². The highest BCUT2D eigenvalue weighted by atomic mass is 16.5. The molecule has 1 atom stereocenters. The monoisotopic (exact) mass is 248 g/mol. The SMILES string of the molecule is CC(C)NCCNC(=O)C1COc2ccccc21. The third kappa shape index (κ3) is 3.01. The van der Waals surface area contributed by atoms with Crippen molar-refractivity contribution in [1.82, 2.24) is 10.6 Å².